The first-order valence-electron chi connectivity index (χ1n) is 7.19. The maximum absolute atomic E-state index is 12.2. The number of hydrogen-bond acceptors (Lipinski definition) is 5. The third kappa shape index (κ3) is 3.59. The molecule has 1 atom stereocenters. The van der Waals surface area contributed by atoms with Crippen LogP contribution >= 0.6 is 11.8 Å². The van der Waals surface area contributed by atoms with Crippen LogP contribution in [-0.4, -0.2) is 33.4 Å². The van der Waals surface area contributed by atoms with Crippen molar-refractivity contribution in [3.8, 4) is 5.75 Å². The highest BCUT2D eigenvalue weighted by molar-refractivity contribution is 8.00. The van der Waals surface area contributed by atoms with Crippen LogP contribution in [0.4, 0.5) is 5.69 Å². The van der Waals surface area contributed by atoms with Gasteiger partial charge in [0.15, 0.2) is 0 Å². The highest BCUT2D eigenvalue weighted by Gasteiger charge is 2.27. The van der Waals surface area contributed by atoms with Crippen molar-refractivity contribution < 1.29 is 9.53 Å². The van der Waals surface area contributed by atoms with Gasteiger partial charge in [-0.15, -0.1) is 5.10 Å². The van der Waals surface area contributed by atoms with E-state index in [0.29, 0.717) is 11.1 Å². The average molecular weight is 318 g/mol. The molecule has 2 N–H and O–H groups in total. The van der Waals surface area contributed by atoms with E-state index in [1.807, 2.05) is 31.2 Å². The van der Waals surface area contributed by atoms with Gasteiger partial charge in [0.1, 0.15) is 11.6 Å². The van der Waals surface area contributed by atoms with Crippen molar-refractivity contribution in [3.63, 3.8) is 0 Å². The van der Waals surface area contributed by atoms with Crippen molar-refractivity contribution in [2.24, 2.45) is 0 Å². The van der Waals surface area contributed by atoms with Gasteiger partial charge in [-0.2, -0.15) is 0 Å². The number of ether oxygens (including phenoxy) is 1. The van der Waals surface area contributed by atoms with E-state index in [9.17, 15) is 4.79 Å². The topological polar surface area (TPSA) is 79.9 Å². The molecule has 1 heterocycles. The zero-order chi connectivity index (χ0) is 15.5. The molecule has 7 heteroatoms. The quantitative estimate of drug-likeness (QED) is 0.801. The van der Waals surface area contributed by atoms with Crippen molar-refractivity contribution in [1.82, 2.24) is 15.2 Å². The van der Waals surface area contributed by atoms with Crippen molar-refractivity contribution in [2.45, 2.75) is 36.1 Å². The molecule has 0 radical (unpaired) electrons. The lowest BCUT2D eigenvalue weighted by atomic mass is 10.3. The Balaban J connectivity index is 1.55. The molecule has 0 bridgehead atoms. The van der Waals surface area contributed by atoms with E-state index in [1.165, 1.54) is 24.6 Å². The van der Waals surface area contributed by atoms with Crippen LogP contribution in [0.25, 0.3) is 0 Å². The molecule has 0 spiro atoms. The summed E-state index contributed by atoms with van der Waals surface area (Å²) < 4.78 is 5.09. The second-order valence-corrected chi connectivity index (χ2v) is 6.56. The monoisotopic (exact) mass is 318 g/mol. The molecule has 1 aromatic carbocycles. The van der Waals surface area contributed by atoms with E-state index in [0.717, 1.165) is 17.3 Å². The standard InChI is InChI=1S/C15H18N4O2S/c1-9(22-15-17-13(18-19-15)10-3-4-10)14(20)16-11-5-7-12(21-2)8-6-11/h5-10H,3-4H2,1-2H3,(H,16,20)(H,17,18,19). The van der Waals surface area contributed by atoms with Gasteiger partial charge in [-0.25, -0.2) is 4.98 Å². The van der Waals surface area contributed by atoms with Gasteiger partial charge in [-0.1, -0.05) is 11.8 Å². The summed E-state index contributed by atoms with van der Waals surface area (Å²) in [5.41, 5.74) is 0.743. The minimum absolute atomic E-state index is 0.0760. The Morgan fingerprint density at radius 1 is 1.41 bits per heavy atom. The summed E-state index contributed by atoms with van der Waals surface area (Å²) in [4.78, 5) is 16.6. The van der Waals surface area contributed by atoms with E-state index in [1.54, 1.807) is 7.11 Å². The predicted molar refractivity (Wildman–Crippen MR) is 85.3 cm³/mol. The van der Waals surface area contributed by atoms with Crippen molar-refractivity contribution in [3.05, 3.63) is 30.1 Å². The molecule has 1 saturated carbocycles. The van der Waals surface area contributed by atoms with E-state index in [2.05, 4.69) is 20.5 Å². The SMILES string of the molecule is COc1ccc(NC(=O)C(C)Sc2n[nH]c(C3CC3)n2)cc1. The van der Waals surface area contributed by atoms with Gasteiger partial charge in [0.25, 0.3) is 0 Å². The lowest BCUT2D eigenvalue weighted by molar-refractivity contribution is -0.115. The first-order valence-corrected chi connectivity index (χ1v) is 8.07. The number of carbonyl (C=O) groups is 1. The van der Waals surface area contributed by atoms with Gasteiger partial charge >= 0.3 is 0 Å². The number of anilines is 1. The van der Waals surface area contributed by atoms with E-state index in [-0.39, 0.29) is 11.2 Å². The molecule has 0 aliphatic heterocycles. The number of aromatic amines is 1. The van der Waals surface area contributed by atoms with Gasteiger partial charge in [0.2, 0.25) is 11.1 Å². The first kappa shape index (κ1) is 14.9. The van der Waals surface area contributed by atoms with Crippen LogP contribution in [0.15, 0.2) is 29.4 Å². The van der Waals surface area contributed by atoms with Crippen molar-refractivity contribution >= 4 is 23.4 Å². The summed E-state index contributed by atoms with van der Waals surface area (Å²) in [6.45, 7) is 1.84. The minimum Gasteiger partial charge on any atom is -0.497 e. The largest absolute Gasteiger partial charge is 0.497 e. The summed E-state index contributed by atoms with van der Waals surface area (Å²) in [6, 6.07) is 7.24. The first-order chi connectivity index (χ1) is 10.7. The van der Waals surface area contributed by atoms with Crippen LogP contribution < -0.4 is 10.1 Å². The molecule has 116 valence electrons. The van der Waals surface area contributed by atoms with Gasteiger partial charge in [0.05, 0.1) is 12.4 Å². The van der Waals surface area contributed by atoms with Crippen LogP contribution in [0.3, 0.4) is 0 Å². The van der Waals surface area contributed by atoms with Crippen LogP contribution in [0.2, 0.25) is 0 Å². The molecule has 1 fully saturated rings. The van der Waals surface area contributed by atoms with Crippen molar-refractivity contribution in [2.75, 3.05) is 12.4 Å². The number of thioether (sulfide) groups is 1. The Morgan fingerprint density at radius 3 is 2.77 bits per heavy atom. The van der Waals surface area contributed by atoms with Crippen LogP contribution in [0.1, 0.15) is 31.5 Å². The molecule has 1 aliphatic rings. The zero-order valence-corrected chi connectivity index (χ0v) is 13.3. The lowest BCUT2D eigenvalue weighted by Gasteiger charge is -2.10. The fourth-order valence-electron chi connectivity index (χ4n) is 1.98. The second kappa shape index (κ2) is 6.39. The fraction of sp³-hybridized carbons (Fsp3) is 0.400. The molecule has 1 amide bonds. The molecular formula is C15H18N4O2S. The Morgan fingerprint density at radius 2 is 2.14 bits per heavy atom. The molecule has 2 aromatic rings. The number of H-pyrrole nitrogens is 1. The highest BCUT2D eigenvalue weighted by Crippen LogP contribution is 2.38. The fourth-order valence-corrected chi connectivity index (χ4v) is 2.71. The number of amides is 1. The maximum atomic E-state index is 12.2. The molecule has 3 rings (SSSR count). The number of rotatable bonds is 6. The molecule has 6 nitrogen and oxygen atoms in total. The Hall–Kier alpha value is -2.02. The lowest BCUT2D eigenvalue weighted by Crippen LogP contribution is -2.22. The predicted octanol–water partition coefficient (Wildman–Crippen LogP) is 2.81. The molecule has 0 saturated heterocycles. The number of carbonyl (C=O) groups excluding carboxylic acids is 1. The van der Waals surface area contributed by atoms with E-state index >= 15 is 0 Å². The number of nitrogens with one attached hydrogen (secondary N) is 2. The Labute approximate surface area is 133 Å². The summed E-state index contributed by atoms with van der Waals surface area (Å²) >= 11 is 1.35. The van der Waals surface area contributed by atoms with E-state index in [4.69, 9.17) is 4.74 Å². The van der Waals surface area contributed by atoms with Gasteiger partial charge in [-0.3, -0.25) is 9.89 Å². The summed E-state index contributed by atoms with van der Waals surface area (Å²) in [7, 11) is 1.61. The van der Waals surface area contributed by atoms with E-state index < -0.39 is 0 Å². The van der Waals surface area contributed by atoms with Crippen LogP contribution in [-0.2, 0) is 4.79 Å². The average Bonchev–Trinajstić information content (AvgIpc) is 3.28. The Bertz CT molecular complexity index is 652. The number of aromatic nitrogens is 3. The molecular weight excluding hydrogens is 300 g/mol. The summed E-state index contributed by atoms with van der Waals surface area (Å²) in [5, 5.41) is 10.3. The third-order valence-electron chi connectivity index (χ3n) is 3.46. The normalized spacial score (nSPS) is 15.4. The van der Waals surface area contributed by atoms with Gasteiger partial charge in [-0.05, 0) is 44.0 Å². The van der Waals surface area contributed by atoms with Crippen LogP contribution in [0.5, 0.6) is 5.75 Å². The smallest absolute Gasteiger partial charge is 0.237 e. The number of nitrogens with zero attached hydrogens (tertiary/aromatic N) is 2. The molecule has 22 heavy (non-hydrogen) atoms. The molecule has 1 aromatic heterocycles. The minimum atomic E-state index is -0.273. The van der Waals surface area contributed by atoms with Gasteiger partial charge in [0, 0.05) is 11.6 Å². The highest BCUT2D eigenvalue weighted by atomic mass is 32.2. The third-order valence-corrected chi connectivity index (χ3v) is 4.42. The maximum Gasteiger partial charge on any atom is 0.237 e. The number of benzene rings is 1. The van der Waals surface area contributed by atoms with Crippen LogP contribution in [0, 0.1) is 0 Å². The zero-order valence-electron chi connectivity index (χ0n) is 12.5. The summed E-state index contributed by atoms with van der Waals surface area (Å²) in [6.07, 6.45) is 2.35. The summed E-state index contributed by atoms with van der Waals surface area (Å²) in [5.74, 6) is 2.15. The second-order valence-electron chi connectivity index (χ2n) is 5.26. The Kier molecular flexibility index (Phi) is 4.33. The number of methoxy groups -OCH3 is 1. The van der Waals surface area contributed by atoms with Crippen molar-refractivity contribution in [1.29, 1.82) is 0 Å². The molecule has 1 unspecified atom stereocenters. The van der Waals surface area contributed by atoms with Gasteiger partial charge < -0.3 is 10.1 Å². The molecule has 1 aliphatic carbocycles. The number of hydrogen-bond donors (Lipinski definition) is 2.